The van der Waals surface area contributed by atoms with Crippen molar-refractivity contribution >= 4 is 17.1 Å². The van der Waals surface area contributed by atoms with Crippen LogP contribution in [0.2, 0.25) is 0 Å². The lowest BCUT2D eigenvalue weighted by atomic mass is 9.64. The van der Waals surface area contributed by atoms with Crippen LogP contribution >= 0.6 is 0 Å². The van der Waals surface area contributed by atoms with E-state index in [0.717, 1.165) is 23.7 Å². The zero-order valence-corrected chi connectivity index (χ0v) is 33.9. The van der Waals surface area contributed by atoms with E-state index in [0.29, 0.717) is 0 Å². The Labute approximate surface area is 349 Å². The number of para-hydroxylation sites is 1. The minimum Gasteiger partial charge on any atom is -0.310 e. The van der Waals surface area contributed by atoms with Crippen molar-refractivity contribution in [1.29, 1.82) is 0 Å². The first kappa shape index (κ1) is 34.2. The maximum Gasteiger partial charge on any atom is 0.0540 e. The molecule has 1 heteroatoms. The van der Waals surface area contributed by atoms with Gasteiger partial charge in [0.15, 0.2) is 0 Å². The van der Waals surface area contributed by atoms with Crippen LogP contribution in [0.4, 0.5) is 17.1 Å². The van der Waals surface area contributed by atoms with Crippen LogP contribution in [-0.4, -0.2) is 0 Å². The molecule has 288 valence electrons. The van der Waals surface area contributed by atoms with E-state index in [1.807, 2.05) is 0 Å². The van der Waals surface area contributed by atoms with Gasteiger partial charge in [0.2, 0.25) is 0 Å². The molecule has 7 aromatic rings. The lowest BCUT2D eigenvalue weighted by molar-refractivity contribution is 0.174. The molecule has 1 nitrogen and oxygen atoms in total. The predicted molar refractivity (Wildman–Crippen MR) is 245 cm³/mol. The maximum absolute atomic E-state index is 2.59. The zero-order chi connectivity index (χ0) is 38.7. The number of rotatable bonds is 5. The first-order valence-corrected chi connectivity index (χ1v) is 22.7. The smallest absolute Gasteiger partial charge is 0.0540 e. The molecule has 0 aromatic heterocycles. The van der Waals surface area contributed by atoms with Gasteiger partial charge in [0.25, 0.3) is 0 Å². The lowest BCUT2D eigenvalue weighted by Gasteiger charge is -2.39. The van der Waals surface area contributed by atoms with Gasteiger partial charge >= 0.3 is 0 Å². The Morgan fingerprint density at radius 1 is 0.424 bits per heavy atom. The number of hydrogen-bond acceptors (Lipinski definition) is 1. The van der Waals surface area contributed by atoms with Crippen LogP contribution in [-0.2, 0) is 10.8 Å². The molecule has 0 radical (unpaired) electrons. The first-order chi connectivity index (χ1) is 29.2. The summed E-state index contributed by atoms with van der Waals surface area (Å²) >= 11 is 0. The molecule has 0 aliphatic heterocycles. The predicted octanol–water partition coefficient (Wildman–Crippen LogP) is 15.4. The average molecular weight is 762 g/mol. The topological polar surface area (TPSA) is 3.24 Å². The molecular weight excluding hydrogens is 711 g/mol. The van der Waals surface area contributed by atoms with E-state index in [1.54, 1.807) is 16.7 Å². The first-order valence-electron chi connectivity index (χ1n) is 22.7. The van der Waals surface area contributed by atoms with Crippen molar-refractivity contribution in [3.8, 4) is 44.5 Å². The molecule has 2 spiro atoms. The van der Waals surface area contributed by atoms with E-state index in [2.05, 4.69) is 169 Å². The minimum atomic E-state index is 0.0871. The molecule has 4 saturated carbocycles. The van der Waals surface area contributed by atoms with E-state index in [4.69, 9.17) is 0 Å². The Morgan fingerprint density at radius 2 is 1.07 bits per heavy atom. The summed E-state index contributed by atoms with van der Waals surface area (Å²) in [6, 6.07) is 63.3. The fourth-order valence-electron chi connectivity index (χ4n) is 14.4. The highest BCUT2D eigenvalue weighted by Crippen LogP contribution is 2.71. The van der Waals surface area contributed by atoms with E-state index >= 15 is 0 Å². The Morgan fingerprint density at radius 3 is 1.90 bits per heavy atom. The van der Waals surface area contributed by atoms with E-state index < -0.39 is 0 Å². The molecule has 3 bridgehead atoms. The van der Waals surface area contributed by atoms with Gasteiger partial charge in [-0.15, -0.1) is 0 Å². The van der Waals surface area contributed by atoms with E-state index in [-0.39, 0.29) is 10.8 Å². The zero-order valence-electron chi connectivity index (χ0n) is 33.9. The number of anilines is 3. The minimum absolute atomic E-state index is 0.0871. The van der Waals surface area contributed by atoms with Crippen molar-refractivity contribution in [3.05, 3.63) is 186 Å². The number of hydrogen-bond donors (Lipinski definition) is 0. The Bertz CT molecular complexity index is 2770. The molecule has 59 heavy (non-hydrogen) atoms. The van der Waals surface area contributed by atoms with Gasteiger partial charge in [-0.1, -0.05) is 153 Å². The van der Waals surface area contributed by atoms with Crippen LogP contribution < -0.4 is 4.90 Å². The van der Waals surface area contributed by atoms with Crippen LogP contribution in [0.3, 0.4) is 0 Å². The third-order valence-corrected chi connectivity index (χ3v) is 16.6. The molecular formula is C58H51N. The number of benzene rings is 7. The van der Waals surface area contributed by atoms with Crippen molar-refractivity contribution in [2.45, 2.75) is 75.0 Å². The Kier molecular flexibility index (Phi) is 7.49. The molecule has 0 saturated heterocycles. The van der Waals surface area contributed by atoms with Gasteiger partial charge in [0.05, 0.1) is 5.69 Å². The summed E-state index contributed by atoms with van der Waals surface area (Å²) in [6.45, 7) is 0. The van der Waals surface area contributed by atoms with Crippen LogP contribution in [0.15, 0.2) is 164 Å². The van der Waals surface area contributed by atoms with Crippen molar-refractivity contribution in [3.63, 3.8) is 0 Å². The molecule has 5 atom stereocenters. The van der Waals surface area contributed by atoms with Gasteiger partial charge in [0.1, 0.15) is 0 Å². The lowest BCUT2D eigenvalue weighted by Crippen LogP contribution is -2.36. The van der Waals surface area contributed by atoms with Gasteiger partial charge in [-0.05, 0) is 160 Å². The second-order valence-electron chi connectivity index (χ2n) is 19.1. The summed E-state index contributed by atoms with van der Waals surface area (Å²) < 4.78 is 0. The van der Waals surface area contributed by atoms with Crippen LogP contribution in [0.1, 0.15) is 86.5 Å². The summed E-state index contributed by atoms with van der Waals surface area (Å²) in [7, 11) is 0. The molecule has 2 unspecified atom stereocenters. The standard InChI is InChI=1S/C58H51N/c1-3-13-39(14-4-1)40-22-25-44(26-23-40)59(45-27-28-49-47-16-5-8-18-52(47)57(55(49)37-45)31-11-2-12-32-57)56-20-10-7-15-46(56)41-24-30-54-50(36-41)48-17-6-9-19-53(48)58(54)43-34-38-21-29-51(58)42(33-38)35-43/h1,3-10,13-20,22-28,30,36-38,42-43,51H,2,11-12,21,29,31-35H2/t38?,42-,43+,51?,58+/m0/s1. The molecule has 0 amide bonds. The number of nitrogens with zero attached hydrogens (tertiary/aromatic N) is 1. The van der Waals surface area contributed by atoms with Crippen LogP contribution in [0.5, 0.6) is 0 Å². The van der Waals surface area contributed by atoms with Crippen molar-refractivity contribution in [2.24, 2.45) is 23.7 Å². The SMILES string of the molecule is c1ccc(-c2ccc(N(c3ccc4c(c3)C3(CCCCC3)c3ccccc3-4)c3ccccc3-c3ccc4c(c3)-c3ccccc3[C@@]43C4CCC5C[C@H]4C[C@H]3C5)cc2)cc1. The Hall–Kier alpha value is -5.66. The third-order valence-electron chi connectivity index (χ3n) is 16.6. The average Bonchev–Trinajstić information content (AvgIpc) is 3.79. The largest absolute Gasteiger partial charge is 0.310 e. The highest BCUT2D eigenvalue weighted by molar-refractivity contribution is 5.93. The van der Waals surface area contributed by atoms with Gasteiger partial charge < -0.3 is 4.90 Å². The summed E-state index contributed by atoms with van der Waals surface area (Å²) in [6.07, 6.45) is 13.5. The summed E-state index contributed by atoms with van der Waals surface area (Å²) in [5.41, 5.74) is 21.2. The van der Waals surface area contributed by atoms with Crippen molar-refractivity contribution in [2.75, 3.05) is 4.90 Å². The fraction of sp³-hybridized carbons (Fsp3) is 0.276. The third kappa shape index (κ3) is 4.79. The van der Waals surface area contributed by atoms with Gasteiger partial charge in [-0.25, -0.2) is 0 Å². The molecule has 7 aromatic carbocycles. The maximum atomic E-state index is 2.59. The highest BCUT2D eigenvalue weighted by atomic mass is 15.1. The summed E-state index contributed by atoms with van der Waals surface area (Å²) in [4.78, 5) is 2.56. The second-order valence-corrected chi connectivity index (χ2v) is 19.1. The van der Waals surface area contributed by atoms with Gasteiger partial charge in [-0.3, -0.25) is 0 Å². The second kappa shape index (κ2) is 12.9. The normalized spacial score (nSPS) is 24.8. The summed E-state index contributed by atoms with van der Waals surface area (Å²) in [5, 5.41) is 0. The van der Waals surface area contributed by atoms with Gasteiger partial charge in [-0.2, -0.15) is 0 Å². The highest BCUT2D eigenvalue weighted by Gasteiger charge is 2.63. The van der Waals surface area contributed by atoms with E-state index in [1.165, 1.54) is 131 Å². The molecule has 4 fully saturated rings. The molecule has 0 N–H and O–H groups in total. The molecule has 0 heterocycles. The fourth-order valence-corrected chi connectivity index (χ4v) is 14.4. The number of fused-ring (bicyclic) bond motifs is 14. The monoisotopic (exact) mass is 761 g/mol. The van der Waals surface area contributed by atoms with Crippen molar-refractivity contribution < 1.29 is 0 Å². The van der Waals surface area contributed by atoms with Crippen LogP contribution in [0.25, 0.3) is 44.5 Å². The van der Waals surface area contributed by atoms with Crippen LogP contribution in [0, 0.1) is 23.7 Å². The quantitative estimate of drug-likeness (QED) is 0.169. The van der Waals surface area contributed by atoms with Gasteiger partial charge in [0, 0.05) is 27.8 Å². The van der Waals surface area contributed by atoms with E-state index in [9.17, 15) is 0 Å². The summed E-state index contributed by atoms with van der Waals surface area (Å²) in [5.74, 6) is 3.37. The molecule has 13 rings (SSSR count). The van der Waals surface area contributed by atoms with Crippen molar-refractivity contribution in [1.82, 2.24) is 0 Å². The molecule has 6 aliphatic rings. The Balaban J connectivity index is 0.985. The molecule has 6 aliphatic carbocycles.